The van der Waals surface area contributed by atoms with E-state index >= 15 is 0 Å². The van der Waals surface area contributed by atoms with Crippen molar-refractivity contribution in [3.8, 4) is 0 Å². The van der Waals surface area contributed by atoms with Crippen LogP contribution in [0.5, 0.6) is 0 Å². The van der Waals surface area contributed by atoms with Crippen molar-refractivity contribution in [2.45, 2.75) is 30.8 Å². The molecule has 0 amide bonds. The van der Waals surface area contributed by atoms with Crippen LogP contribution in [0.25, 0.3) is 10.9 Å². The summed E-state index contributed by atoms with van der Waals surface area (Å²) in [5.74, 6) is 0.612. The molecule has 1 N–H and O–H groups in total. The number of nitrogens with zero attached hydrogens (tertiary/aromatic N) is 5. The summed E-state index contributed by atoms with van der Waals surface area (Å²) in [6.07, 6.45) is 4.72. The second-order valence-electron chi connectivity index (χ2n) is 7.29. The van der Waals surface area contributed by atoms with Gasteiger partial charge in [-0.2, -0.15) is 5.10 Å². The predicted molar refractivity (Wildman–Crippen MR) is 126 cm³/mol. The van der Waals surface area contributed by atoms with Gasteiger partial charge in [-0.25, -0.2) is 15.0 Å². The van der Waals surface area contributed by atoms with Crippen LogP contribution in [0.4, 0.5) is 11.5 Å². The van der Waals surface area contributed by atoms with Gasteiger partial charge < -0.3 is 0 Å². The van der Waals surface area contributed by atoms with Crippen molar-refractivity contribution >= 4 is 40.4 Å². The molecule has 32 heavy (non-hydrogen) atoms. The highest BCUT2D eigenvalue weighted by Crippen LogP contribution is 2.33. The Bertz CT molecular complexity index is 1340. The third-order valence-electron chi connectivity index (χ3n) is 4.77. The van der Waals surface area contributed by atoms with Crippen LogP contribution in [0.15, 0.2) is 70.0 Å². The van der Waals surface area contributed by atoms with Gasteiger partial charge in [-0.15, -0.1) is 0 Å². The molecule has 4 aromatic rings. The van der Waals surface area contributed by atoms with Gasteiger partial charge in [0, 0.05) is 29.4 Å². The lowest BCUT2D eigenvalue weighted by atomic mass is 10.0. The Morgan fingerprint density at radius 3 is 2.59 bits per heavy atom. The Morgan fingerprint density at radius 2 is 1.84 bits per heavy atom. The fourth-order valence-corrected chi connectivity index (χ4v) is 4.15. The van der Waals surface area contributed by atoms with Crippen LogP contribution in [-0.4, -0.2) is 26.1 Å². The normalized spacial score (nSPS) is 11.2. The maximum atomic E-state index is 11.6. The summed E-state index contributed by atoms with van der Waals surface area (Å²) in [6.45, 7) is 6.14. The molecule has 0 atom stereocenters. The second-order valence-corrected chi connectivity index (χ2v) is 8.30. The van der Waals surface area contributed by atoms with E-state index in [4.69, 9.17) is 0 Å². The molecule has 0 spiro atoms. The molecule has 0 saturated carbocycles. The van der Waals surface area contributed by atoms with Crippen LogP contribution in [0, 0.1) is 30.9 Å². The first-order valence-electron chi connectivity index (χ1n) is 9.82. The van der Waals surface area contributed by atoms with Crippen LogP contribution in [0.2, 0.25) is 0 Å². The van der Waals surface area contributed by atoms with Gasteiger partial charge in [0.15, 0.2) is 5.16 Å². The molecule has 2 heterocycles. The van der Waals surface area contributed by atoms with Crippen molar-refractivity contribution in [2.75, 3.05) is 5.43 Å². The number of nitro benzene ring substituents is 1. The number of aromatic nitrogens is 3. The highest BCUT2D eigenvalue weighted by atomic mass is 32.2. The smallest absolute Gasteiger partial charge is 0.261 e. The number of nitrogens with one attached hydrogen (secondary N) is 1. The van der Waals surface area contributed by atoms with E-state index in [0.29, 0.717) is 21.4 Å². The van der Waals surface area contributed by atoms with Crippen LogP contribution < -0.4 is 5.43 Å². The maximum absolute atomic E-state index is 11.6. The first-order valence-corrected chi connectivity index (χ1v) is 10.6. The third-order valence-corrected chi connectivity index (χ3v) is 5.73. The number of hydrogen-bond acceptors (Lipinski definition) is 8. The Morgan fingerprint density at radius 1 is 1.06 bits per heavy atom. The quantitative estimate of drug-likeness (QED) is 0.182. The lowest BCUT2D eigenvalue weighted by molar-refractivity contribution is -0.387. The Kier molecular flexibility index (Phi) is 6.09. The summed E-state index contributed by atoms with van der Waals surface area (Å²) in [5.41, 5.74) is 7.81. The Hall–Kier alpha value is -3.85. The summed E-state index contributed by atoms with van der Waals surface area (Å²) >= 11 is 1.14. The van der Waals surface area contributed by atoms with E-state index in [1.165, 1.54) is 17.8 Å². The van der Waals surface area contributed by atoms with E-state index in [0.717, 1.165) is 33.8 Å². The minimum Gasteiger partial charge on any atom is -0.261 e. The zero-order valence-electron chi connectivity index (χ0n) is 17.7. The van der Waals surface area contributed by atoms with Gasteiger partial charge in [0.1, 0.15) is 5.82 Å². The van der Waals surface area contributed by atoms with E-state index in [1.54, 1.807) is 30.6 Å². The van der Waals surface area contributed by atoms with Crippen molar-refractivity contribution in [3.63, 3.8) is 0 Å². The molecule has 0 aliphatic heterocycles. The van der Waals surface area contributed by atoms with Gasteiger partial charge in [0.05, 0.1) is 21.6 Å². The largest absolute Gasteiger partial charge is 0.283 e. The van der Waals surface area contributed by atoms with Crippen molar-refractivity contribution in [3.05, 3.63) is 87.2 Å². The number of rotatable bonds is 6. The van der Waals surface area contributed by atoms with E-state index in [1.807, 2.05) is 19.9 Å². The van der Waals surface area contributed by atoms with Gasteiger partial charge in [-0.3, -0.25) is 15.5 Å². The van der Waals surface area contributed by atoms with Gasteiger partial charge in [0.2, 0.25) is 0 Å². The third kappa shape index (κ3) is 4.73. The van der Waals surface area contributed by atoms with Crippen LogP contribution in [0.3, 0.4) is 0 Å². The van der Waals surface area contributed by atoms with E-state index in [-0.39, 0.29) is 5.69 Å². The molecule has 0 aliphatic rings. The fourth-order valence-electron chi connectivity index (χ4n) is 3.35. The predicted octanol–water partition coefficient (Wildman–Crippen LogP) is 5.46. The molecule has 2 aromatic carbocycles. The van der Waals surface area contributed by atoms with Crippen molar-refractivity contribution in [1.82, 2.24) is 15.0 Å². The minimum atomic E-state index is -0.422. The lowest BCUT2D eigenvalue weighted by Gasteiger charge is -2.09. The topological polar surface area (TPSA) is 106 Å². The maximum Gasteiger partial charge on any atom is 0.283 e. The van der Waals surface area contributed by atoms with Gasteiger partial charge >= 0.3 is 0 Å². The Labute approximate surface area is 189 Å². The zero-order valence-corrected chi connectivity index (χ0v) is 18.6. The van der Waals surface area contributed by atoms with Crippen LogP contribution in [-0.2, 0) is 0 Å². The molecule has 160 valence electrons. The zero-order chi connectivity index (χ0) is 22.7. The van der Waals surface area contributed by atoms with Crippen molar-refractivity contribution in [2.24, 2.45) is 5.10 Å². The number of anilines is 1. The van der Waals surface area contributed by atoms with E-state index in [2.05, 4.69) is 44.5 Å². The minimum absolute atomic E-state index is 0.0305. The summed E-state index contributed by atoms with van der Waals surface area (Å²) in [5, 5.41) is 17.3. The monoisotopic (exact) mass is 444 g/mol. The second kappa shape index (κ2) is 9.11. The van der Waals surface area contributed by atoms with Crippen LogP contribution >= 0.6 is 11.8 Å². The summed E-state index contributed by atoms with van der Waals surface area (Å²) in [4.78, 5) is 24.5. The van der Waals surface area contributed by atoms with Crippen molar-refractivity contribution < 1.29 is 4.92 Å². The lowest BCUT2D eigenvalue weighted by Crippen LogP contribution is -1.98. The average Bonchev–Trinajstić information content (AvgIpc) is 2.76. The van der Waals surface area contributed by atoms with Gasteiger partial charge in [-0.1, -0.05) is 17.7 Å². The molecule has 0 radical (unpaired) electrons. The van der Waals surface area contributed by atoms with E-state index in [9.17, 15) is 10.1 Å². The first kappa shape index (κ1) is 21.4. The van der Waals surface area contributed by atoms with Gasteiger partial charge in [0.25, 0.3) is 5.69 Å². The molecular formula is C23H20N6O2S. The molecule has 9 heteroatoms. The number of fused-ring (bicyclic) bond motifs is 1. The molecule has 0 unspecified atom stereocenters. The van der Waals surface area contributed by atoms with E-state index < -0.39 is 4.92 Å². The first-order chi connectivity index (χ1) is 15.4. The number of hydrazone groups is 1. The summed E-state index contributed by atoms with van der Waals surface area (Å²) in [6, 6.07) is 12.8. The fraction of sp³-hybridized carbons (Fsp3) is 0.130. The molecule has 4 rings (SSSR count). The molecule has 8 nitrogen and oxygen atoms in total. The van der Waals surface area contributed by atoms with Crippen molar-refractivity contribution in [1.29, 1.82) is 0 Å². The molecule has 0 bridgehead atoms. The number of nitro groups is 1. The molecule has 0 saturated heterocycles. The molecule has 2 aromatic heterocycles. The highest BCUT2D eigenvalue weighted by molar-refractivity contribution is 7.99. The number of hydrogen-bond donors (Lipinski definition) is 1. The molecular weight excluding hydrogens is 424 g/mol. The summed E-state index contributed by atoms with van der Waals surface area (Å²) < 4.78 is 0. The number of aryl methyl sites for hydroxylation is 3. The Balaban J connectivity index is 1.56. The number of pyridine rings is 1. The molecule has 0 fully saturated rings. The van der Waals surface area contributed by atoms with Gasteiger partial charge in [-0.05, 0) is 67.9 Å². The number of benzene rings is 2. The average molecular weight is 445 g/mol. The SMILES string of the molecule is Cc1cc(C)c2nc(N/N=C/c3ccc(Sc4ncccn4)c([N+](=O)[O-])c3)cc(C)c2c1. The highest BCUT2D eigenvalue weighted by Gasteiger charge is 2.16. The van der Waals surface area contributed by atoms with Crippen LogP contribution in [0.1, 0.15) is 22.3 Å². The standard InChI is InChI=1S/C23H20N6O2S/c1-14-9-16(3)22-18(10-14)15(2)11-21(27-22)28-26-13-17-5-6-20(19(12-17)29(30)31)32-23-24-7-4-8-25-23/h4-13H,1-3H3,(H,27,28)/b26-13+. The summed E-state index contributed by atoms with van der Waals surface area (Å²) in [7, 11) is 0. The molecule has 0 aliphatic carbocycles.